The number of aryl methyl sites for hydroxylation is 1. The highest BCUT2D eigenvalue weighted by Crippen LogP contribution is 2.22. The number of rotatable bonds is 3. The van der Waals surface area contributed by atoms with Gasteiger partial charge >= 0.3 is 0 Å². The molecule has 2 aromatic rings. The van der Waals surface area contributed by atoms with E-state index in [1.54, 1.807) is 6.07 Å². The minimum atomic E-state index is -0.306. The lowest BCUT2D eigenvalue weighted by Crippen LogP contribution is -2.24. The lowest BCUT2D eigenvalue weighted by Gasteiger charge is -2.03. The van der Waals surface area contributed by atoms with E-state index in [9.17, 15) is 9.18 Å². The number of fused-ring (bicyclic) bond motifs is 1. The van der Waals surface area contributed by atoms with Crippen LogP contribution in [-0.2, 0) is 0 Å². The lowest BCUT2D eigenvalue weighted by atomic mass is 10.1. The van der Waals surface area contributed by atoms with Crippen molar-refractivity contribution in [3.63, 3.8) is 0 Å². The van der Waals surface area contributed by atoms with E-state index in [2.05, 4.69) is 10.3 Å². The number of benzene rings is 1. The molecule has 4 heteroatoms. The maximum Gasteiger partial charge on any atom is 0.253 e. The molecule has 0 saturated heterocycles. The molecule has 0 aliphatic heterocycles. The van der Waals surface area contributed by atoms with E-state index in [-0.39, 0.29) is 11.7 Å². The quantitative estimate of drug-likeness (QED) is 0.842. The molecule has 0 unspecified atom stereocenters. The zero-order chi connectivity index (χ0) is 12.4. The number of carbonyl (C=O) groups is 1. The van der Waals surface area contributed by atoms with Crippen LogP contribution in [0.2, 0.25) is 0 Å². The van der Waals surface area contributed by atoms with Crippen molar-refractivity contribution in [1.29, 1.82) is 0 Å². The van der Waals surface area contributed by atoms with Gasteiger partial charge in [0.15, 0.2) is 0 Å². The van der Waals surface area contributed by atoms with E-state index in [4.69, 9.17) is 0 Å². The first-order chi connectivity index (χ1) is 8.13. The van der Waals surface area contributed by atoms with E-state index in [1.165, 1.54) is 12.1 Å². The average molecular weight is 234 g/mol. The molecule has 0 atom stereocenters. The van der Waals surface area contributed by atoms with Gasteiger partial charge in [-0.2, -0.15) is 0 Å². The molecule has 0 saturated carbocycles. The summed E-state index contributed by atoms with van der Waals surface area (Å²) in [6, 6.07) is 4.40. The number of hydrogen-bond acceptors (Lipinski definition) is 1. The van der Waals surface area contributed by atoms with Crippen LogP contribution in [0, 0.1) is 12.7 Å². The molecule has 0 fully saturated rings. The fraction of sp³-hybridized carbons (Fsp3) is 0.308. The van der Waals surface area contributed by atoms with Gasteiger partial charge in [0.25, 0.3) is 5.91 Å². The monoisotopic (exact) mass is 234 g/mol. The van der Waals surface area contributed by atoms with E-state index < -0.39 is 0 Å². The summed E-state index contributed by atoms with van der Waals surface area (Å²) in [5, 5.41) is 3.59. The number of nitrogens with one attached hydrogen (secondary N) is 2. The Balaban J connectivity index is 2.46. The summed E-state index contributed by atoms with van der Waals surface area (Å²) < 4.78 is 13.1. The van der Waals surface area contributed by atoms with Crippen molar-refractivity contribution in [2.75, 3.05) is 6.54 Å². The fourth-order valence-corrected chi connectivity index (χ4v) is 1.92. The van der Waals surface area contributed by atoms with Crippen LogP contribution < -0.4 is 5.32 Å². The summed E-state index contributed by atoms with van der Waals surface area (Å²) in [5.41, 5.74) is 2.02. The highest BCUT2D eigenvalue weighted by molar-refractivity contribution is 6.08. The van der Waals surface area contributed by atoms with Crippen LogP contribution in [0.15, 0.2) is 18.2 Å². The number of aromatic amines is 1. The van der Waals surface area contributed by atoms with E-state index in [0.717, 1.165) is 17.5 Å². The van der Waals surface area contributed by atoms with Crippen molar-refractivity contribution in [3.05, 3.63) is 35.3 Å². The average Bonchev–Trinajstić information content (AvgIpc) is 2.61. The first kappa shape index (κ1) is 11.6. The van der Waals surface area contributed by atoms with Gasteiger partial charge in [0, 0.05) is 23.1 Å². The first-order valence-electron chi connectivity index (χ1n) is 5.69. The second kappa shape index (κ2) is 4.57. The summed E-state index contributed by atoms with van der Waals surface area (Å²) in [5.74, 6) is -0.415. The van der Waals surface area contributed by atoms with Gasteiger partial charge in [-0.15, -0.1) is 0 Å². The summed E-state index contributed by atoms with van der Waals surface area (Å²) in [6.45, 7) is 4.46. The predicted octanol–water partition coefficient (Wildman–Crippen LogP) is 2.76. The lowest BCUT2D eigenvalue weighted by molar-refractivity contribution is 0.0954. The molecular formula is C13H15FN2O. The molecule has 2 rings (SSSR count). The van der Waals surface area contributed by atoms with Crippen molar-refractivity contribution in [3.8, 4) is 0 Å². The molecular weight excluding hydrogens is 219 g/mol. The van der Waals surface area contributed by atoms with E-state index >= 15 is 0 Å². The molecule has 2 N–H and O–H groups in total. The molecule has 17 heavy (non-hydrogen) atoms. The number of carbonyl (C=O) groups excluding carboxylic acids is 1. The van der Waals surface area contributed by atoms with Crippen LogP contribution in [0.1, 0.15) is 29.4 Å². The molecule has 0 spiro atoms. The Kier molecular flexibility index (Phi) is 3.13. The largest absolute Gasteiger partial charge is 0.358 e. The maximum absolute atomic E-state index is 13.1. The molecule has 1 aromatic heterocycles. The molecule has 1 aromatic carbocycles. The van der Waals surface area contributed by atoms with Crippen LogP contribution in [0.25, 0.3) is 10.9 Å². The summed E-state index contributed by atoms with van der Waals surface area (Å²) in [6.07, 6.45) is 0.891. The summed E-state index contributed by atoms with van der Waals surface area (Å²) in [7, 11) is 0. The van der Waals surface area contributed by atoms with Gasteiger partial charge in [0.05, 0.1) is 5.56 Å². The standard InChI is InChI=1S/C13H15FN2O/c1-3-6-15-13(17)12-8(2)16-11-7-9(14)4-5-10(11)12/h4-5,7,16H,3,6H2,1-2H3,(H,15,17). The molecule has 0 radical (unpaired) electrons. The second-order valence-electron chi connectivity index (χ2n) is 4.07. The Bertz CT molecular complexity index is 560. The van der Waals surface area contributed by atoms with Gasteiger partial charge < -0.3 is 10.3 Å². The third kappa shape index (κ3) is 2.16. The minimum Gasteiger partial charge on any atom is -0.358 e. The Morgan fingerprint density at radius 1 is 1.47 bits per heavy atom. The second-order valence-corrected chi connectivity index (χ2v) is 4.07. The predicted molar refractivity (Wildman–Crippen MR) is 65.6 cm³/mol. The molecule has 3 nitrogen and oxygen atoms in total. The van der Waals surface area contributed by atoms with Gasteiger partial charge in [-0.05, 0) is 31.5 Å². The smallest absolute Gasteiger partial charge is 0.253 e. The number of hydrogen-bond donors (Lipinski definition) is 2. The van der Waals surface area contributed by atoms with Gasteiger partial charge in [0.2, 0.25) is 0 Å². The maximum atomic E-state index is 13.1. The zero-order valence-electron chi connectivity index (χ0n) is 9.93. The topological polar surface area (TPSA) is 44.9 Å². The number of halogens is 1. The Hall–Kier alpha value is -1.84. The van der Waals surface area contributed by atoms with Crippen LogP contribution in [0.4, 0.5) is 4.39 Å². The minimum absolute atomic E-state index is 0.109. The normalized spacial score (nSPS) is 10.8. The SMILES string of the molecule is CCCNC(=O)c1c(C)[nH]c2cc(F)ccc12. The van der Waals surface area contributed by atoms with Crippen molar-refractivity contribution in [2.45, 2.75) is 20.3 Å². The Labute approximate surface area is 99.0 Å². The molecule has 0 bridgehead atoms. The van der Waals surface area contributed by atoms with Crippen LogP contribution >= 0.6 is 0 Å². The van der Waals surface area contributed by atoms with Crippen LogP contribution in [0.3, 0.4) is 0 Å². The molecule has 0 aliphatic rings. The van der Waals surface area contributed by atoms with E-state index in [1.807, 2.05) is 13.8 Å². The first-order valence-corrected chi connectivity index (χ1v) is 5.69. The van der Waals surface area contributed by atoms with Crippen molar-refractivity contribution in [2.24, 2.45) is 0 Å². The highest BCUT2D eigenvalue weighted by atomic mass is 19.1. The Morgan fingerprint density at radius 3 is 2.94 bits per heavy atom. The van der Waals surface area contributed by atoms with Crippen molar-refractivity contribution in [1.82, 2.24) is 10.3 Å². The number of H-pyrrole nitrogens is 1. The van der Waals surface area contributed by atoms with Gasteiger partial charge in [0.1, 0.15) is 5.82 Å². The highest BCUT2D eigenvalue weighted by Gasteiger charge is 2.15. The third-order valence-corrected chi connectivity index (χ3v) is 2.71. The Morgan fingerprint density at radius 2 is 2.24 bits per heavy atom. The molecule has 1 amide bonds. The van der Waals surface area contributed by atoms with Gasteiger partial charge in [-0.1, -0.05) is 6.92 Å². The van der Waals surface area contributed by atoms with Crippen LogP contribution in [0.5, 0.6) is 0 Å². The van der Waals surface area contributed by atoms with Crippen molar-refractivity contribution >= 4 is 16.8 Å². The molecule has 1 heterocycles. The summed E-state index contributed by atoms with van der Waals surface area (Å²) >= 11 is 0. The van der Waals surface area contributed by atoms with Gasteiger partial charge in [-0.25, -0.2) is 4.39 Å². The number of aromatic nitrogens is 1. The van der Waals surface area contributed by atoms with Crippen molar-refractivity contribution < 1.29 is 9.18 Å². The summed E-state index contributed by atoms with van der Waals surface area (Å²) in [4.78, 5) is 15.0. The molecule has 0 aliphatic carbocycles. The zero-order valence-corrected chi connectivity index (χ0v) is 9.93. The fourth-order valence-electron chi connectivity index (χ4n) is 1.92. The molecule has 90 valence electrons. The number of amides is 1. The van der Waals surface area contributed by atoms with Gasteiger partial charge in [-0.3, -0.25) is 4.79 Å². The van der Waals surface area contributed by atoms with Crippen LogP contribution in [-0.4, -0.2) is 17.4 Å². The third-order valence-electron chi connectivity index (χ3n) is 2.71. The van der Waals surface area contributed by atoms with E-state index in [0.29, 0.717) is 17.6 Å².